The van der Waals surface area contributed by atoms with Crippen molar-refractivity contribution < 1.29 is 9.53 Å². The minimum absolute atomic E-state index is 0.149. The fraction of sp³-hybridized carbons (Fsp3) is 0.222. The number of thiocarbonyl (C=S) groups is 1. The Morgan fingerprint density at radius 3 is 3.00 bits per heavy atom. The number of aromatic nitrogens is 1. The van der Waals surface area contributed by atoms with Crippen LogP contribution in [-0.4, -0.2) is 23.2 Å². The molecule has 1 aromatic rings. The maximum atomic E-state index is 11.2. The number of nitrogens with zero attached hydrogens (tertiary/aromatic N) is 2. The summed E-state index contributed by atoms with van der Waals surface area (Å²) in [7, 11) is 1.29. The van der Waals surface area contributed by atoms with E-state index in [1.54, 1.807) is 12.3 Å². The van der Waals surface area contributed by atoms with Crippen molar-refractivity contribution in [1.29, 1.82) is 0 Å². The largest absolute Gasteiger partial charge is 0.464 e. The average Bonchev–Trinajstić information content (AvgIpc) is 2.17. The number of aryl methyl sites for hydroxylation is 1. The van der Waals surface area contributed by atoms with Crippen LogP contribution < -0.4 is 0 Å². The van der Waals surface area contributed by atoms with Crippen LogP contribution in [0.15, 0.2) is 17.3 Å². The van der Waals surface area contributed by atoms with Crippen molar-refractivity contribution in [2.45, 2.75) is 6.92 Å². The Bertz CT molecular complexity index is 411. The van der Waals surface area contributed by atoms with Gasteiger partial charge >= 0.3 is 5.97 Å². The molecule has 1 rings (SSSR count). The monoisotopic (exact) mass is 208 g/mol. The van der Waals surface area contributed by atoms with Gasteiger partial charge in [-0.1, -0.05) is 0 Å². The molecule has 5 heteroatoms. The zero-order valence-electron chi connectivity index (χ0n) is 7.77. The highest BCUT2D eigenvalue weighted by Gasteiger charge is 2.12. The van der Waals surface area contributed by atoms with E-state index in [-0.39, 0.29) is 5.69 Å². The summed E-state index contributed by atoms with van der Waals surface area (Å²) in [5.74, 6) is -0.533. The Morgan fingerprint density at radius 1 is 1.71 bits per heavy atom. The van der Waals surface area contributed by atoms with Crippen LogP contribution in [0.5, 0.6) is 0 Å². The number of isothiocyanates is 1. The van der Waals surface area contributed by atoms with Crippen molar-refractivity contribution in [2.24, 2.45) is 4.99 Å². The maximum absolute atomic E-state index is 11.2. The van der Waals surface area contributed by atoms with Crippen LogP contribution in [0.2, 0.25) is 0 Å². The summed E-state index contributed by atoms with van der Waals surface area (Å²) >= 11 is 4.46. The predicted molar refractivity (Wildman–Crippen MR) is 55.0 cm³/mol. The summed E-state index contributed by atoms with van der Waals surface area (Å²) in [6.45, 7) is 1.84. The standard InChI is InChI=1S/C9H8N2O2S/c1-6-3-7(11-5-14)8(10-4-6)9(12)13-2/h3-4H,1-2H3. The van der Waals surface area contributed by atoms with E-state index < -0.39 is 5.97 Å². The Labute approximate surface area is 86.6 Å². The Hall–Kier alpha value is -1.58. The number of rotatable bonds is 2. The van der Waals surface area contributed by atoms with Crippen LogP contribution in [0.1, 0.15) is 16.1 Å². The summed E-state index contributed by atoms with van der Waals surface area (Å²) in [6.07, 6.45) is 1.56. The van der Waals surface area contributed by atoms with E-state index in [0.29, 0.717) is 5.69 Å². The molecule has 0 aliphatic rings. The molecule has 0 spiro atoms. The van der Waals surface area contributed by atoms with Gasteiger partial charge in [0, 0.05) is 6.20 Å². The number of methoxy groups -OCH3 is 1. The third-order valence-electron chi connectivity index (χ3n) is 1.55. The summed E-state index contributed by atoms with van der Waals surface area (Å²) in [5, 5.41) is 2.19. The molecule has 72 valence electrons. The van der Waals surface area contributed by atoms with E-state index >= 15 is 0 Å². The van der Waals surface area contributed by atoms with Gasteiger partial charge in [0.2, 0.25) is 0 Å². The SMILES string of the molecule is COC(=O)c1ncc(C)cc1N=C=S. The molecular formula is C9H8N2O2S. The van der Waals surface area contributed by atoms with Gasteiger partial charge < -0.3 is 4.74 Å². The first-order valence-electron chi connectivity index (χ1n) is 3.82. The van der Waals surface area contributed by atoms with Crippen molar-refractivity contribution in [3.05, 3.63) is 23.5 Å². The number of pyridine rings is 1. The highest BCUT2D eigenvalue weighted by atomic mass is 32.1. The molecule has 0 saturated carbocycles. The van der Waals surface area contributed by atoms with Gasteiger partial charge in [-0.05, 0) is 30.8 Å². The Morgan fingerprint density at radius 2 is 2.43 bits per heavy atom. The molecule has 0 unspecified atom stereocenters. The molecule has 0 aliphatic carbocycles. The van der Waals surface area contributed by atoms with Crippen LogP contribution in [0.3, 0.4) is 0 Å². The molecule has 1 aromatic heterocycles. The first-order valence-corrected chi connectivity index (χ1v) is 4.22. The molecule has 0 saturated heterocycles. The van der Waals surface area contributed by atoms with Gasteiger partial charge in [-0.2, -0.15) is 4.99 Å². The van der Waals surface area contributed by atoms with Gasteiger partial charge in [-0.25, -0.2) is 9.78 Å². The first kappa shape index (κ1) is 10.5. The Balaban J connectivity index is 3.28. The molecule has 4 nitrogen and oxygen atoms in total. The average molecular weight is 208 g/mol. The number of hydrogen-bond acceptors (Lipinski definition) is 5. The summed E-state index contributed by atoms with van der Waals surface area (Å²) < 4.78 is 4.54. The molecule has 0 radical (unpaired) electrons. The van der Waals surface area contributed by atoms with E-state index in [0.717, 1.165) is 5.56 Å². The zero-order chi connectivity index (χ0) is 10.6. The lowest BCUT2D eigenvalue weighted by Gasteiger charge is -2.01. The molecule has 0 fully saturated rings. The van der Waals surface area contributed by atoms with Gasteiger partial charge in [0.15, 0.2) is 5.69 Å². The number of hydrogen-bond donors (Lipinski definition) is 0. The molecule has 0 aromatic carbocycles. The molecule has 0 bridgehead atoms. The normalized spacial score (nSPS) is 9.00. The van der Waals surface area contributed by atoms with Crippen LogP contribution in [-0.2, 0) is 4.74 Å². The topological polar surface area (TPSA) is 51.5 Å². The van der Waals surface area contributed by atoms with Gasteiger partial charge in [0.05, 0.1) is 12.3 Å². The Kier molecular flexibility index (Phi) is 3.45. The second-order valence-corrected chi connectivity index (χ2v) is 2.76. The second-order valence-electron chi connectivity index (χ2n) is 2.58. The van der Waals surface area contributed by atoms with Crippen molar-refractivity contribution in [3.63, 3.8) is 0 Å². The number of aliphatic imine (C=N–C) groups is 1. The molecular weight excluding hydrogens is 200 g/mol. The molecule has 0 amide bonds. The van der Waals surface area contributed by atoms with Crippen LogP contribution in [0, 0.1) is 6.92 Å². The van der Waals surface area contributed by atoms with Gasteiger partial charge in [0.1, 0.15) is 5.69 Å². The maximum Gasteiger partial charge on any atom is 0.358 e. The fourth-order valence-corrected chi connectivity index (χ4v) is 1.04. The summed E-state index contributed by atoms with van der Waals surface area (Å²) in [4.78, 5) is 18.9. The number of ether oxygens (including phenoxy) is 1. The number of carbonyl (C=O) groups is 1. The van der Waals surface area contributed by atoms with Gasteiger partial charge in [-0.3, -0.25) is 0 Å². The van der Waals surface area contributed by atoms with Crippen LogP contribution in [0.4, 0.5) is 5.69 Å². The van der Waals surface area contributed by atoms with E-state index in [1.807, 2.05) is 6.92 Å². The highest BCUT2D eigenvalue weighted by molar-refractivity contribution is 7.78. The van der Waals surface area contributed by atoms with Crippen molar-refractivity contribution in [2.75, 3.05) is 7.11 Å². The van der Waals surface area contributed by atoms with Gasteiger partial charge in [-0.15, -0.1) is 0 Å². The fourth-order valence-electron chi connectivity index (χ4n) is 0.942. The molecule has 0 aliphatic heterocycles. The van der Waals surface area contributed by atoms with Crippen molar-refractivity contribution in [3.8, 4) is 0 Å². The zero-order valence-corrected chi connectivity index (χ0v) is 8.59. The highest BCUT2D eigenvalue weighted by Crippen LogP contribution is 2.18. The minimum Gasteiger partial charge on any atom is -0.464 e. The van der Waals surface area contributed by atoms with E-state index in [2.05, 4.69) is 32.1 Å². The molecule has 0 N–H and O–H groups in total. The first-order chi connectivity index (χ1) is 6.69. The van der Waals surface area contributed by atoms with E-state index in [9.17, 15) is 4.79 Å². The molecule has 0 atom stereocenters. The van der Waals surface area contributed by atoms with Crippen molar-refractivity contribution in [1.82, 2.24) is 4.98 Å². The van der Waals surface area contributed by atoms with Crippen LogP contribution >= 0.6 is 12.2 Å². The number of carbonyl (C=O) groups excluding carboxylic acids is 1. The lowest BCUT2D eigenvalue weighted by Crippen LogP contribution is -2.04. The predicted octanol–water partition coefficient (Wildman–Crippen LogP) is 1.91. The molecule has 1 heterocycles. The smallest absolute Gasteiger partial charge is 0.358 e. The summed E-state index contributed by atoms with van der Waals surface area (Å²) in [5.41, 5.74) is 1.42. The second kappa shape index (κ2) is 4.60. The van der Waals surface area contributed by atoms with Crippen molar-refractivity contribution >= 4 is 29.0 Å². The molecule has 14 heavy (non-hydrogen) atoms. The minimum atomic E-state index is -0.533. The van der Waals surface area contributed by atoms with Gasteiger partial charge in [0.25, 0.3) is 0 Å². The van der Waals surface area contributed by atoms with E-state index in [1.165, 1.54) is 7.11 Å². The quantitative estimate of drug-likeness (QED) is 0.423. The lowest BCUT2D eigenvalue weighted by molar-refractivity contribution is 0.0595. The van der Waals surface area contributed by atoms with Crippen LogP contribution in [0.25, 0.3) is 0 Å². The summed E-state index contributed by atoms with van der Waals surface area (Å²) in [6, 6.07) is 1.69. The van der Waals surface area contributed by atoms with E-state index in [4.69, 9.17) is 0 Å². The third kappa shape index (κ3) is 2.22. The third-order valence-corrected chi connectivity index (χ3v) is 1.64. The number of esters is 1. The lowest BCUT2D eigenvalue weighted by atomic mass is 10.2.